The maximum atomic E-state index is 13.1. The van der Waals surface area contributed by atoms with Crippen molar-refractivity contribution >= 4 is 36.3 Å². The van der Waals surface area contributed by atoms with Gasteiger partial charge in [-0.25, -0.2) is 4.79 Å². The molecule has 1 saturated heterocycles. The first kappa shape index (κ1) is 25.7. The van der Waals surface area contributed by atoms with E-state index < -0.39 is 35.9 Å². The van der Waals surface area contributed by atoms with Crippen molar-refractivity contribution < 1.29 is 24.3 Å². The van der Waals surface area contributed by atoms with Gasteiger partial charge in [0.15, 0.2) is 0 Å². The third-order valence-corrected chi connectivity index (χ3v) is 5.70. The fourth-order valence-corrected chi connectivity index (χ4v) is 3.72. The third kappa shape index (κ3) is 7.52. The van der Waals surface area contributed by atoms with Gasteiger partial charge >= 0.3 is 5.97 Å². The summed E-state index contributed by atoms with van der Waals surface area (Å²) in [6.07, 6.45) is 1.84. The highest BCUT2D eigenvalue weighted by Gasteiger charge is 2.32. The van der Waals surface area contributed by atoms with Crippen LogP contribution in [-0.2, 0) is 25.6 Å². The number of carbonyl (C=O) groups is 4. The number of hydrogen-bond donors (Lipinski definition) is 6. The van der Waals surface area contributed by atoms with Crippen molar-refractivity contribution in [3.05, 3.63) is 35.9 Å². The number of hydrogen-bond acceptors (Lipinski definition) is 6. The Morgan fingerprint density at radius 1 is 1.06 bits per heavy atom. The van der Waals surface area contributed by atoms with Gasteiger partial charge in [-0.15, -0.1) is 0 Å². The van der Waals surface area contributed by atoms with Crippen molar-refractivity contribution in [1.82, 2.24) is 21.3 Å². The van der Waals surface area contributed by atoms with E-state index >= 15 is 0 Å². The van der Waals surface area contributed by atoms with Crippen molar-refractivity contribution in [3.8, 4) is 0 Å². The van der Waals surface area contributed by atoms with Crippen molar-refractivity contribution in [2.75, 3.05) is 12.3 Å². The fraction of sp³-hybridized carbons (Fsp3) is 0.545. The van der Waals surface area contributed by atoms with Crippen LogP contribution in [0.5, 0.6) is 0 Å². The summed E-state index contributed by atoms with van der Waals surface area (Å²) in [6.45, 7) is 4.24. The number of carbonyl (C=O) groups excluding carboxylic acids is 3. The average Bonchev–Trinajstić information content (AvgIpc) is 3.30. The Labute approximate surface area is 193 Å². The van der Waals surface area contributed by atoms with Crippen LogP contribution in [0.25, 0.3) is 0 Å². The fourth-order valence-electron chi connectivity index (χ4n) is 3.48. The zero-order chi connectivity index (χ0) is 23.7. The second kappa shape index (κ2) is 12.4. The van der Waals surface area contributed by atoms with E-state index in [-0.39, 0.29) is 30.0 Å². The Balaban J connectivity index is 2.14. The summed E-state index contributed by atoms with van der Waals surface area (Å²) in [6, 6.07) is 5.89. The third-order valence-electron chi connectivity index (χ3n) is 5.34. The number of rotatable bonds is 11. The molecule has 1 heterocycles. The van der Waals surface area contributed by atoms with E-state index in [2.05, 4.69) is 33.9 Å². The molecule has 10 heteroatoms. The molecule has 4 unspecified atom stereocenters. The quantitative estimate of drug-likeness (QED) is 0.257. The monoisotopic (exact) mass is 464 g/mol. The number of carboxylic acid groups (broad SMARTS) is 1. The van der Waals surface area contributed by atoms with E-state index in [0.29, 0.717) is 6.42 Å². The molecule has 1 fully saturated rings. The molecule has 0 bridgehead atoms. The number of nitrogens with one attached hydrogen (secondary N) is 4. The van der Waals surface area contributed by atoms with Crippen LogP contribution < -0.4 is 21.3 Å². The van der Waals surface area contributed by atoms with Crippen molar-refractivity contribution in [1.29, 1.82) is 0 Å². The molecular formula is C22H32N4O5S. The van der Waals surface area contributed by atoms with Gasteiger partial charge in [0.25, 0.3) is 0 Å². The highest BCUT2D eigenvalue weighted by Crippen LogP contribution is 2.10. The second-order valence-corrected chi connectivity index (χ2v) is 8.58. The van der Waals surface area contributed by atoms with Gasteiger partial charge in [-0.2, -0.15) is 12.6 Å². The number of amides is 3. The van der Waals surface area contributed by atoms with E-state index in [1.807, 2.05) is 30.3 Å². The maximum absolute atomic E-state index is 13.1. The number of benzene rings is 1. The second-order valence-electron chi connectivity index (χ2n) is 8.21. The van der Waals surface area contributed by atoms with Crippen LogP contribution in [-0.4, -0.2) is 65.3 Å². The van der Waals surface area contributed by atoms with Crippen LogP contribution in [0.4, 0.5) is 0 Å². The number of thiol groups is 1. The van der Waals surface area contributed by atoms with Gasteiger partial charge in [-0.1, -0.05) is 44.2 Å². The zero-order valence-electron chi connectivity index (χ0n) is 18.3. The lowest BCUT2D eigenvalue weighted by Gasteiger charge is -2.27. The Kier molecular flexibility index (Phi) is 9.98. The predicted octanol–water partition coefficient (Wildman–Crippen LogP) is 0.106. The van der Waals surface area contributed by atoms with Crippen LogP contribution >= 0.6 is 12.6 Å². The lowest BCUT2D eigenvalue weighted by atomic mass is 10.0. The first-order valence-corrected chi connectivity index (χ1v) is 11.4. The molecular weight excluding hydrogens is 432 g/mol. The van der Waals surface area contributed by atoms with Gasteiger partial charge in [-0.05, 0) is 30.9 Å². The van der Waals surface area contributed by atoms with Gasteiger partial charge in [0.1, 0.15) is 18.1 Å². The minimum atomic E-state index is -1.21. The van der Waals surface area contributed by atoms with E-state index in [9.17, 15) is 24.3 Å². The summed E-state index contributed by atoms with van der Waals surface area (Å²) in [5, 5.41) is 20.2. The molecule has 0 radical (unpaired) electrons. The van der Waals surface area contributed by atoms with Crippen LogP contribution in [0.15, 0.2) is 30.3 Å². The molecule has 0 aliphatic carbocycles. The summed E-state index contributed by atoms with van der Waals surface area (Å²) >= 11 is 3.95. The van der Waals surface area contributed by atoms with Crippen LogP contribution in [0, 0.1) is 5.92 Å². The highest BCUT2D eigenvalue weighted by atomic mass is 32.1. The van der Waals surface area contributed by atoms with Crippen LogP contribution in [0.3, 0.4) is 0 Å². The molecule has 1 aromatic carbocycles. The first-order valence-electron chi connectivity index (χ1n) is 10.7. The normalized spacial score (nSPS) is 18.4. The largest absolute Gasteiger partial charge is 0.480 e. The van der Waals surface area contributed by atoms with Gasteiger partial charge in [-0.3, -0.25) is 14.4 Å². The molecule has 2 rings (SSSR count). The maximum Gasteiger partial charge on any atom is 0.327 e. The summed E-state index contributed by atoms with van der Waals surface area (Å²) in [5.74, 6) is -2.98. The smallest absolute Gasteiger partial charge is 0.327 e. The van der Waals surface area contributed by atoms with Gasteiger partial charge < -0.3 is 26.4 Å². The lowest BCUT2D eigenvalue weighted by Crippen LogP contribution is -2.59. The standard InChI is InChI=1S/C22H32N4O5S/c1-13(2)18(21(29)25-17(12-32)22(30)31)26-20(28)16(11-14-7-4-3-5-8-14)24-19(27)15-9-6-10-23-15/h3-5,7-8,13,15-18,23,32H,6,9-12H2,1-2H3,(H,24,27)(H,25,29)(H,26,28)(H,30,31). The van der Waals surface area contributed by atoms with Crippen molar-refractivity contribution in [2.24, 2.45) is 5.92 Å². The molecule has 4 atom stereocenters. The molecule has 5 N–H and O–H groups in total. The van der Waals surface area contributed by atoms with Crippen LogP contribution in [0.2, 0.25) is 0 Å². The van der Waals surface area contributed by atoms with Gasteiger partial charge in [0.2, 0.25) is 17.7 Å². The van der Waals surface area contributed by atoms with Crippen molar-refractivity contribution in [2.45, 2.75) is 57.3 Å². The number of carboxylic acids is 1. The minimum Gasteiger partial charge on any atom is -0.480 e. The molecule has 0 aromatic heterocycles. The predicted molar refractivity (Wildman–Crippen MR) is 123 cm³/mol. The molecule has 3 amide bonds. The Bertz CT molecular complexity index is 799. The molecule has 0 saturated carbocycles. The van der Waals surface area contributed by atoms with Gasteiger partial charge in [0.05, 0.1) is 6.04 Å². The van der Waals surface area contributed by atoms with Crippen molar-refractivity contribution in [3.63, 3.8) is 0 Å². The minimum absolute atomic E-state index is 0.0824. The van der Waals surface area contributed by atoms with E-state index in [1.54, 1.807) is 13.8 Å². The van der Waals surface area contributed by atoms with E-state index in [1.165, 1.54) is 0 Å². The average molecular weight is 465 g/mol. The molecule has 1 aromatic rings. The zero-order valence-corrected chi connectivity index (χ0v) is 19.2. The van der Waals surface area contributed by atoms with Gasteiger partial charge in [0, 0.05) is 12.2 Å². The lowest BCUT2D eigenvalue weighted by molar-refractivity contribution is -0.142. The topological polar surface area (TPSA) is 137 Å². The Morgan fingerprint density at radius 2 is 1.75 bits per heavy atom. The molecule has 1 aliphatic heterocycles. The molecule has 32 heavy (non-hydrogen) atoms. The van der Waals surface area contributed by atoms with E-state index in [4.69, 9.17) is 0 Å². The molecule has 176 valence electrons. The highest BCUT2D eigenvalue weighted by molar-refractivity contribution is 7.80. The summed E-state index contributed by atoms with van der Waals surface area (Å²) in [7, 11) is 0. The molecule has 1 aliphatic rings. The summed E-state index contributed by atoms with van der Waals surface area (Å²) < 4.78 is 0. The SMILES string of the molecule is CC(C)C(NC(=O)C(Cc1ccccc1)NC(=O)C1CCCN1)C(=O)NC(CS)C(=O)O. The molecule has 0 spiro atoms. The van der Waals surface area contributed by atoms with Crippen LogP contribution in [0.1, 0.15) is 32.3 Å². The first-order chi connectivity index (χ1) is 15.2. The summed E-state index contributed by atoms with van der Waals surface area (Å²) in [4.78, 5) is 49.7. The molecule has 9 nitrogen and oxygen atoms in total. The number of aliphatic carboxylic acids is 1. The summed E-state index contributed by atoms with van der Waals surface area (Å²) in [5.41, 5.74) is 0.860. The van der Waals surface area contributed by atoms with E-state index in [0.717, 1.165) is 18.5 Å². The Morgan fingerprint density at radius 3 is 2.28 bits per heavy atom. The Hall–Kier alpha value is -2.59.